The molecule has 3 nitrogen and oxygen atoms in total. The van der Waals surface area contributed by atoms with Gasteiger partial charge in [-0.1, -0.05) is 35.3 Å². The molecule has 0 aliphatic heterocycles. The van der Waals surface area contributed by atoms with E-state index < -0.39 is 5.97 Å². The van der Waals surface area contributed by atoms with E-state index in [1.165, 1.54) is 0 Å². The van der Waals surface area contributed by atoms with E-state index in [0.29, 0.717) is 16.5 Å². The minimum Gasteiger partial charge on any atom is -0.481 e. The molecule has 0 fully saturated rings. The van der Waals surface area contributed by atoms with E-state index >= 15 is 0 Å². The van der Waals surface area contributed by atoms with E-state index in [1.54, 1.807) is 6.07 Å². The Bertz CT molecular complexity index is 491. The van der Waals surface area contributed by atoms with Crippen LogP contribution in [0.2, 0.25) is 10.0 Å². The molecule has 21 heavy (non-hydrogen) atoms. The summed E-state index contributed by atoms with van der Waals surface area (Å²) < 4.78 is 0. The fraction of sp³-hybridized carbons (Fsp3) is 0.438. The summed E-state index contributed by atoms with van der Waals surface area (Å²) in [5.41, 5.74) is 1.05. The normalized spacial score (nSPS) is 13.7. The van der Waals surface area contributed by atoms with E-state index in [2.05, 4.69) is 11.9 Å². The second-order valence-corrected chi connectivity index (χ2v) is 5.91. The Morgan fingerprint density at radius 2 is 2.10 bits per heavy atom. The van der Waals surface area contributed by atoms with Gasteiger partial charge >= 0.3 is 5.97 Å². The summed E-state index contributed by atoms with van der Waals surface area (Å²) in [4.78, 5) is 10.6. The molecule has 0 bridgehead atoms. The topological polar surface area (TPSA) is 49.3 Å². The Morgan fingerprint density at radius 3 is 2.67 bits per heavy atom. The molecule has 2 atom stereocenters. The maximum absolute atomic E-state index is 10.6. The first-order chi connectivity index (χ1) is 9.93. The van der Waals surface area contributed by atoms with Gasteiger partial charge < -0.3 is 10.4 Å². The number of carboxylic acids is 1. The highest BCUT2D eigenvalue weighted by Crippen LogP contribution is 2.28. The SMILES string of the molecule is C=CCCC(NC(C)CCC(=O)O)c1ccc(Cl)c(Cl)c1. The monoisotopic (exact) mass is 329 g/mol. The van der Waals surface area contributed by atoms with Crippen LogP contribution in [0.5, 0.6) is 0 Å². The first kappa shape index (κ1) is 18.0. The Kier molecular flexibility index (Phi) is 7.79. The second-order valence-electron chi connectivity index (χ2n) is 5.09. The van der Waals surface area contributed by atoms with Gasteiger partial charge in [-0.2, -0.15) is 0 Å². The number of halogens is 2. The number of carboxylic acid groups (broad SMARTS) is 1. The van der Waals surface area contributed by atoms with Crippen LogP contribution in [-0.4, -0.2) is 17.1 Å². The number of aliphatic carboxylic acids is 1. The van der Waals surface area contributed by atoms with Gasteiger partial charge in [0.05, 0.1) is 10.0 Å². The Labute approximate surface area is 136 Å². The van der Waals surface area contributed by atoms with E-state index in [-0.39, 0.29) is 18.5 Å². The van der Waals surface area contributed by atoms with Crippen molar-refractivity contribution in [3.8, 4) is 0 Å². The number of nitrogens with one attached hydrogen (secondary N) is 1. The van der Waals surface area contributed by atoms with Crippen molar-refractivity contribution in [2.24, 2.45) is 0 Å². The van der Waals surface area contributed by atoms with Crippen LogP contribution in [0.4, 0.5) is 0 Å². The van der Waals surface area contributed by atoms with Crippen molar-refractivity contribution in [1.29, 1.82) is 0 Å². The minimum atomic E-state index is -0.777. The summed E-state index contributed by atoms with van der Waals surface area (Å²) in [6, 6.07) is 5.78. The first-order valence-electron chi connectivity index (χ1n) is 6.97. The fourth-order valence-electron chi connectivity index (χ4n) is 2.13. The summed E-state index contributed by atoms with van der Waals surface area (Å²) in [5.74, 6) is -0.777. The molecular weight excluding hydrogens is 309 g/mol. The molecule has 0 spiro atoms. The lowest BCUT2D eigenvalue weighted by molar-refractivity contribution is -0.137. The van der Waals surface area contributed by atoms with Crippen molar-refractivity contribution in [3.05, 3.63) is 46.5 Å². The van der Waals surface area contributed by atoms with Gasteiger partial charge in [0.25, 0.3) is 0 Å². The predicted molar refractivity (Wildman–Crippen MR) is 88.1 cm³/mol. The standard InChI is InChI=1S/C16H21Cl2NO2/c1-3-4-5-15(19-11(2)6-9-16(20)21)12-7-8-13(17)14(18)10-12/h3,7-8,10-11,15,19H,1,4-6,9H2,2H3,(H,20,21). The summed E-state index contributed by atoms with van der Waals surface area (Å²) >= 11 is 12.0. The lowest BCUT2D eigenvalue weighted by atomic mass is 10.00. The number of carbonyl (C=O) groups is 1. The molecule has 5 heteroatoms. The van der Waals surface area contributed by atoms with E-state index in [0.717, 1.165) is 18.4 Å². The zero-order chi connectivity index (χ0) is 15.8. The molecule has 1 rings (SSSR count). The van der Waals surface area contributed by atoms with E-state index in [4.69, 9.17) is 28.3 Å². The number of allylic oxidation sites excluding steroid dienone is 1. The molecule has 0 heterocycles. The Balaban J connectivity index is 2.76. The highest BCUT2D eigenvalue weighted by molar-refractivity contribution is 6.42. The third-order valence-corrected chi connectivity index (χ3v) is 4.02. The smallest absolute Gasteiger partial charge is 0.303 e. The number of rotatable bonds is 9. The van der Waals surface area contributed by atoms with Crippen LogP contribution in [0.25, 0.3) is 0 Å². The third kappa shape index (κ3) is 6.51. The molecular formula is C16H21Cl2NO2. The first-order valence-corrected chi connectivity index (χ1v) is 7.73. The molecule has 2 N–H and O–H groups in total. The van der Waals surface area contributed by atoms with E-state index in [1.807, 2.05) is 25.1 Å². The summed E-state index contributed by atoms with van der Waals surface area (Å²) in [6.07, 6.45) is 4.35. The maximum atomic E-state index is 10.6. The van der Waals surface area contributed by atoms with Gasteiger partial charge in [0.1, 0.15) is 0 Å². The summed E-state index contributed by atoms with van der Waals surface area (Å²) in [7, 11) is 0. The van der Waals surface area contributed by atoms with Crippen LogP contribution < -0.4 is 5.32 Å². The molecule has 0 saturated carbocycles. The van der Waals surface area contributed by atoms with Crippen molar-refractivity contribution in [2.45, 2.75) is 44.7 Å². The molecule has 0 aliphatic carbocycles. The largest absolute Gasteiger partial charge is 0.481 e. The predicted octanol–water partition coefficient (Wildman–Crippen LogP) is 4.84. The highest BCUT2D eigenvalue weighted by atomic mass is 35.5. The van der Waals surface area contributed by atoms with Crippen molar-refractivity contribution < 1.29 is 9.90 Å². The van der Waals surface area contributed by atoms with Crippen molar-refractivity contribution in [2.75, 3.05) is 0 Å². The molecule has 1 aromatic carbocycles. The lowest BCUT2D eigenvalue weighted by Crippen LogP contribution is -2.31. The van der Waals surface area contributed by atoms with Gasteiger partial charge in [0, 0.05) is 18.5 Å². The average Bonchev–Trinajstić information content (AvgIpc) is 2.44. The van der Waals surface area contributed by atoms with Gasteiger partial charge in [0.15, 0.2) is 0 Å². The molecule has 0 amide bonds. The Hall–Kier alpha value is -1.03. The van der Waals surface area contributed by atoms with Crippen molar-refractivity contribution in [1.82, 2.24) is 5.32 Å². The van der Waals surface area contributed by atoms with Crippen LogP contribution in [0.3, 0.4) is 0 Å². The molecule has 1 aromatic rings. The van der Waals surface area contributed by atoms with Gasteiger partial charge in [0.2, 0.25) is 0 Å². The molecule has 0 aromatic heterocycles. The van der Waals surface area contributed by atoms with Gasteiger partial charge in [-0.25, -0.2) is 0 Å². The van der Waals surface area contributed by atoms with Crippen LogP contribution in [0, 0.1) is 0 Å². The van der Waals surface area contributed by atoms with Crippen LogP contribution in [0.1, 0.15) is 44.2 Å². The maximum Gasteiger partial charge on any atom is 0.303 e. The van der Waals surface area contributed by atoms with Crippen LogP contribution in [-0.2, 0) is 4.79 Å². The Morgan fingerprint density at radius 1 is 1.38 bits per heavy atom. The molecule has 0 saturated heterocycles. The zero-order valence-corrected chi connectivity index (χ0v) is 13.6. The number of hydrogen-bond donors (Lipinski definition) is 2. The third-order valence-electron chi connectivity index (χ3n) is 3.28. The highest BCUT2D eigenvalue weighted by Gasteiger charge is 2.15. The van der Waals surface area contributed by atoms with E-state index in [9.17, 15) is 4.79 Å². The zero-order valence-electron chi connectivity index (χ0n) is 12.1. The summed E-state index contributed by atoms with van der Waals surface area (Å²) in [5, 5.41) is 13.3. The van der Waals surface area contributed by atoms with Crippen molar-refractivity contribution in [3.63, 3.8) is 0 Å². The van der Waals surface area contributed by atoms with Crippen LogP contribution in [0.15, 0.2) is 30.9 Å². The fourth-order valence-corrected chi connectivity index (χ4v) is 2.43. The minimum absolute atomic E-state index is 0.0987. The van der Waals surface area contributed by atoms with Crippen molar-refractivity contribution >= 4 is 29.2 Å². The number of benzene rings is 1. The molecule has 2 unspecified atom stereocenters. The quantitative estimate of drug-likeness (QED) is 0.637. The van der Waals surface area contributed by atoms with Crippen LogP contribution >= 0.6 is 23.2 Å². The van der Waals surface area contributed by atoms with Gasteiger partial charge in [-0.15, -0.1) is 6.58 Å². The molecule has 116 valence electrons. The average molecular weight is 330 g/mol. The van der Waals surface area contributed by atoms with Gasteiger partial charge in [-0.05, 0) is 43.9 Å². The second kappa shape index (κ2) is 9.08. The molecule has 0 aliphatic rings. The summed E-state index contributed by atoms with van der Waals surface area (Å²) in [6.45, 7) is 5.73. The lowest BCUT2D eigenvalue weighted by Gasteiger charge is -2.23. The van der Waals surface area contributed by atoms with Gasteiger partial charge in [-0.3, -0.25) is 4.79 Å². The molecule has 0 radical (unpaired) electrons. The number of hydrogen-bond acceptors (Lipinski definition) is 2.